The number of aromatic hydroxyl groups is 2. The lowest BCUT2D eigenvalue weighted by atomic mass is 10.00. The van der Waals surface area contributed by atoms with Crippen molar-refractivity contribution < 1.29 is 30.6 Å². The van der Waals surface area contributed by atoms with Gasteiger partial charge in [0.2, 0.25) is 0 Å². The molecule has 0 fully saturated rings. The number of aliphatic hydroxyl groups excluding tert-OH is 4. The van der Waals surface area contributed by atoms with Crippen LogP contribution >= 0.6 is 0 Å². The zero-order valence-corrected chi connectivity index (χ0v) is 9.06. The third kappa shape index (κ3) is 3.57. The second kappa shape index (κ2) is 5.83. The standard InChI is InChI=1S/C11H16O6/c12-5-10(16)11(17)9(15)3-6-1-2-7(13)4-8(6)14/h1-2,4,9-17H,3,5H2/t9-,10-,11-/m1/s1. The van der Waals surface area contributed by atoms with Gasteiger partial charge in [-0.05, 0) is 11.6 Å². The van der Waals surface area contributed by atoms with E-state index in [4.69, 9.17) is 15.3 Å². The molecule has 1 aromatic rings. The summed E-state index contributed by atoms with van der Waals surface area (Å²) >= 11 is 0. The van der Waals surface area contributed by atoms with Crippen LogP contribution in [0.25, 0.3) is 0 Å². The molecule has 0 saturated heterocycles. The molecule has 1 aromatic carbocycles. The van der Waals surface area contributed by atoms with E-state index in [2.05, 4.69) is 0 Å². The molecule has 3 atom stereocenters. The highest BCUT2D eigenvalue weighted by atomic mass is 16.4. The summed E-state index contributed by atoms with van der Waals surface area (Å²) in [6, 6.07) is 3.83. The zero-order chi connectivity index (χ0) is 13.0. The summed E-state index contributed by atoms with van der Waals surface area (Å²) in [6.45, 7) is -0.667. The first-order valence-electron chi connectivity index (χ1n) is 5.11. The Morgan fingerprint density at radius 1 is 1.00 bits per heavy atom. The summed E-state index contributed by atoms with van der Waals surface area (Å²) in [4.78, 5) is 0. The first-order valence-corrected chi connectivity index (χ1v) is 5.11. The highest BCUT2D eigenvalue weighted by Gasteiger charge is 2.24. The fraction of sp³-hybridized carbons (Fsp3) is 0.455. The lowest BCUT2D eigenvalue weighted by molar-refractivity contribution is -0.0756. The van der Waals surface area contributed by atoms with E-state index in [1.807, 2.05) is 0 Å². The first-order chi connectivity index (χ1) is 7.95. The molecular formula is C11H16O6. The van der Waals surface area contributed by atoms with Gasteiger partial charge in [0.1, 0.15) is 23.7 Å². The molecule has 6 heteroatoms. The van der Waals surface area contributed by atoms with Gasteiger partial charge < -0.3 is 30.6 Å². The van der Waals surface area contributed by atoms with Gasteiger partial charge in [0.05, 0.1) is 12.7 Å². The average Bonchev–Trinajstić information content (AvgIpc) is 2.30. The lowest BCUT2D eigenvalue weighted by Gasteiger charge is -2.21. The Morgan fingerprint density at radius 2 is 1.65 bits per heavy atom. The second-order valence-electron chi connectivity index (χ2n) is 3.83. The minimum atomic E-state index is -1.51. The molecule has 0 saturated carbocycles. The fourth-order valence-corrected chi connectivity index (χ4v) is 1.44. The second-order valence-corrected chi connectivity index (χ2v) is 3.83. The van der Waals surface area contributed by atoms with E-state index in [9.17, 15) is 15.3 Å². The molecule has 0 unspecified atom stereocenters. The molecule has 0 heterocycles. The molecule has 1 rings (SSSR count). The van der Waals surface area contributed by atoms with Crippen molar-refractivity contribution in [1.29, 1.82) is 0 Å². The molecule has 6 nitrogen and oxygen atoms in total. The number of benzene rings is 1. The van der Waals surface area contributed by atoms with Crippen LogP contribution in [0, 0.1) is 0 Å². The van der Waals surface area contributed by atoms with Gasteiger partial charge in [-0.2, -0.15) is 0 Å². The molecular weight excluding hydrogens is 228 g/mol. The Balaban J connectivity index is 2.70. The Bertz CT molecular complexity index is 367. The van der Waals surface area contributed by atoms with Gasteiger partial charge in [0, 0.05) is 12.5 Å². The van der Waals surface area contributed by atoms with Crippen LogP contribution < -0.4 is 0 Å². The Morgan fingerprint density at radius 3 is 2.18 bits per heavy atom. The van der Waals surface area contributed by atoms with Gasteiger partial charge >= 0.3 is 0 Å². The molecule has 0 aliphatic carbocycles. The van der Waals surface area contributed by atoms with Gasteiger partial charge in [0.15, 0.2) is 0 Å². The van der Waals surface area contributed by atoms with Crippen molar-refractivity contribution in [2.24, 2.45) is 0 Å². The molecule has 0 amide bonds. The minimum Gasteiger partial charge on any atom is -0.508 e. The predicted molar refractivity (Wildman–Crippen MR) is 58.6 cm³/mol. The van der Waals surface area contributed by atoms with Crippen LogP contribution in [-0.4, -0.2) is 55.6 Å². The van der Waals surface area contributed by atoms with E-state index in [0.717, 1.165) is 6.07 Å². The molecule has 0 bridgehead atoms. The largest absolute Gasteiger partial charge is 0.508 e. The molecule has 96 valence electrons. The van der Waals surface area contributed by atoms with Crippen molar-refractivity contribution in [3.8, 4) is 11.5 Å². The quantitative estimate of drug-likeness (QED) is 0.383. The van der Waals surface area contributed by atoms with E-state index in [-0.39, 0.29) is 17.9 Å². The molecule has 17 heavy (non-hydrogen) atoms. The predicted octanol–water partition coefficient (Wildman–Crippen LogP) is -1.28. The molecule has 0 aliphatic rings. The molecule has 0 aromatic heterocycles. The molecule has 0 spiro atoms. The van der Waals surface area contributed by atoms with E-state index in [0.29, 0.717) is 5.56 Å². The van der Waals surface area contributed by atoms with Crippen molar-refractivity contribution >= 4 is 0 Å². The summed E-state index contributed by atoms with van der Waals surface area (Å²) in [7, 11) is 0. The van der Waals surface area contributed by atoms with Gasteiger partial charge in [0.25, 0.3) is 0 Å². The number of phenolic OH excluding ortho intramolecular Hbond substituents is 2. The van der Waals surface area contributed by atoms with E-state index >= 15 is 0 Å². The number of aliphatic hydroxyl groups is 4. The molecule has 0 aliphatic heterocycles. The van der Waals surface area contributed by atoms with Crippen LogP contribution in [0.15, 0.2) is 18.2 Å². The normalized spacial score (nSPS) is 16.5. The van der Waals surface area contributed by atoms with Gasteiger partial charge in [-0.3, -0.25) is 0 Å². The van der Waals surface area contributed by atoms with Crippen LogP contribution in [0.3, 0.4) is 0 Å². The number of hydrogen-bond acceptors (Lipinski definition) is 6. The zero-order valence-electron chi connectivity index (χ0n) is 9.06. The summed E-state index contributed by atoms with van der Waals surface area (Å²) in [5.74, 6) is -0.327. The maximum Gasteiger partial charge on any atom is 0.122 e. The third-order valence-corrected chi connectivity index (χ3v) is 2.47. The maximum atomic E-state index is 9.57. The maximum absolute atomic E-state index is 9.57. The Hall–Kier alpha value is -1.34. The number of rotatable bonds is 5. The summed E-state index contributed by atoms with van der Waals surface area (Å²) in [6.07, 6.45) is -4.38. The van der Waals surface area contributed by atoms with Crippen molar-refractivity contribution in [3.63, 3.8) is 0 Å². The third-order valence-electron chi connectivity index (χ3n) is 2.47. The summed E-state index contributed by atoms with van der Waals surface area (Å²) in [5.41, 5.74) is 0.319. The van der Waals surface area contributed by atoms with Crippen LogP contribution in [0.1, 0.15) is 5.56 Å². The lowest BCUT2D eigenvalue weighted by Crippen LogP contribution is -2.40. The highest BCUT2D eigenvalue weighted by Crippen LogP contribution is 2.24. The monoisotopic (exact) mass is 244 g/mol. The number of hydrogen-bond donors (Lipinski definition) is 6. The Kier molecular flexibility index (Phi) is 4.71. The summed E-state index contributed by atoms with van der Waals surface area (Å²) in [5, 5.41) is 55.2. The van der Waals surface area contributed by atoms with E-state index in [1.165, 1.54) is 12.1 Å². The van der Waals surface area contributed by atoms with Crippen LogP contribution in [-0.2, 0) is 6.42 Å². The first kappa shape index (κ1) is 13.7. The summed E-state index contributed by atoms with van der Waals surface area (Å²) < 4.78 is 0. The highest BCUT2D eigenvalue weighted by molar-refractivity contribution is 5.39. The van der Waals surface area contributed by atoms with E-state index in [1.54, 1.807) is 0 Å². The van der Waals surface area contributed by atoms with Crippen LogP contribution in [0.5, 0.6) is 11.5 Å². The average molecular weight is 244 g/mol. The van der Waals surface area contributed by atoms with Crippen LogP contribution in [0.4, 0.5) is 0 Å². The van der Waals surface area contributed by atoms with Gasteiger partial charge in [-0.25, -0.2) is 0 Å². The topological polar surface area (TPSA) is 121 Å². The SMILES string of the molecule is OC[C@@H](O)[C@H](O)[C@H](O)Cc1ccc(O)cc1O. The van der Waals surface area contributed by atoms with Crippen molar-refractivity contribution in [2.75, 3.05) is 6.61 Å². The fourth-order valence-electron chi connectivity index (χ4n) is 1.44. The molecule has 0 radical (unpaired) electrons. The van der Waals surface area contributed by atoms with Gasteiger partial charge in [-0.15, -0.1) is 0 Å². The van der Waals surface area contributed by atoms with Crippen LogP contribution in [0.2, 0.25) is 0 Å². The minimum absolute atomic E-state index is 0.107. The molecule has 6 N–H and O–H groups in total. The van der Waals surface area contributed by atoms with Crippen molar-refractivity contribution in [2.45, 2.75) is 24.7 Å². The van der Waals surface area contributed by atoms with Gasteiger partial charge in [-0.1, -0.05) is 6.07 Å². The van der Waals surface area contributed by atoms with Crippen molar-refractivity contribution in [1.82, 2.24) is 0 Å². The smallest absolute Gasteiger partial charge is 0.122 e. The number of phenols is 2. The van der Waals surface area contributed by atoms with Crippen molar-refractivity contribution in [3.05, 3.63) is 23.8 Å². The van der Waals surface area contributed by atoms with E-state index < -0.39 is 24.9 Å². The Labute approximate surface area is 98.0 Å².